The summed E-state index contributed by atoms with van der Waals surface area (Å²) in [6, 6.07) is 15.0. The number of pyridine rings is 1. The van der Waals surface area contributed by atoms with Crippen molar-refractivity contribution in [1.29, 1.82) is 0 Å². The van der Waals surface area contributed by atoms with Crippen molar-refractivity contribution in [2.24, 2.45) is 0 Å². The van der Waals surface area contributed by atoms with E-state index >= 15 is 0 Å². The minimum atomic E-state index is 0.459. The number of benzene rings is 1. The van der Waals surface area contributed by atoms with Crippen LogP contribution >= 0.6 is 0 Å². The molecule has 4 heteroatoms. The van der Waals surface area contributed by atoms with Gasteiger partial charge < -0.3 is 4.90 Å². The van der Waals surface area contributed by atoms with Crippen molar-refractivity contribution >= 4 is 11.4 Å². The molecule has 1 fully saturated rings. The van der Waals surface area contributed by atoms with E-state index in [0.717, 1.165) is 38.8 Å². The minimum absolute atomic E-state index is 0.459. The predicted molar refractivity (Wildman–Crippen MR) is 126 cm³/mol. The second kappa shape index (κ2) is 9.42. The number of piperidine rings is 1. The lowest BCUT2D eigenvalue weighted by Gasteiger charge is -2.31. The molecule has 2 aromatic heterocycles. The maximum atomic E-state index is 4.78. The zero-order valence-corrected chi connectivity index (χ0v) is 18.1. The predicted octanol–water partition coefficient (Wildman–Crippen LogP) is 5.80. The van der Waals surface area contributed by atoms with Crippen LogP contribution in [0.15, 0.2) is 67.3 Å². The first-order chi connectivity index (χ1) is 15.4. The van der Waals surface area contributed by atoms with E-state index in [4.69, 9.17) is 9.97 Å². The molecule has 0 radical (unpaired) electrons. The Hall–Kier alpha value is -3.01. The zero-order valence-electron chi connectivity index (χ0n) is 18.1. The Morgan fingerprint density at radius 1 is 0.935 bits per heavy atom. The molecule has 31 heavy (non-hydrogen) atoms. The SMILES string of the molecule is C1=C(c2cccnc2N2CCCCC2)CCC(c2ncncc2Cc2ccccc2)C1. The number of anilines is 1. The first-order valence-corrected chi connectivity index (χ1v) is 11.6. The second-order valence-corrected chi connectivity index (χ2v) is 8.72. The van der Waals surface area contributed by atoms with Gasteiger partial charge in [-0.3, -0.25) is 0 Å². The summed E-state index contributed by atoms with van der Waals surface area (Å²) in [5.74, 6) is 1.64. The quantitative estimate of drug-likeness (QED) is 0.533. The van der Waals surface area contributed by atoms with Crippen molar-refractivity contribution in [3.8, 4) is 0 Å². The fraction of sp³-hybridized carbons (Fsp3) is 0.370. The summed E-state index contributed by atoms with van der Waals surface area (Å²) >= 11 is 0. The number of nitrogens with zero attached hydrogens (tertiary/aromatic N) is 4. The van der Waals surface area contributed by atoms with Gasteiger partial charge in [0.05, 0.1) is 5.69 Å². The molecule has 2 aliphatic rings. The van der Waals surface area contributed by atoms with Crippen LogP contribution in [0.25, 0.3) is 5.57 Å². The van der Waals surface area contributed by atoms with Gasteiger partial charge in [-0.05, 0) is 67.4 Å². The average molecular weight is 411 g/mol. The highest BCUT2D eigenvalue weighted by Gasteiger charge is 2.24. The maximum absolute atomic E-state index is 4.78. The maximum Gasteiger partial charge on any atom is 0.136 e. The van der Waals surface area contributed by atoms with Crippen LogP contribution in [-0.4, -0.2) is 28.0 Å². The van der Waals surface area contributed by atoms with Gasteiger partial charge in [0.1, 0.15) is 12.1 Å². The Labute approximate surface area is 185 Å². The molecule has 5 rings (SSSR count). The van der Waals surface area contributed by atoms with Gasteiger partial charge in [-0.25, -0.2) is 15.0 Å². The largest absolute Gasteiger partial charge is 0.356 e. The van der Waals surface area contributed by atoms with Gasteiger partial charge in [-0.2, -0.15) is 0 Å². The summed E-state index contributed by atoms with van der Waals surface area (Å²) in [6.45, 7) is 2.26. The fourth-order valence-corrected chi connectivity index (χ4v) is 5.02. The van der Waals surface area contributed by atoms with Crippen molar-refractivity contribution in [1.82, 2.24) is 15.0 Å². The average Bonchev–Trinajstić information content (AvgIpc) is 2.86. The summed E-state index contributed by atoms with van der Waals surface area (Å²) in [7, 11) is 0. The molecule has 1 unspecified atom stereocenters. The Bertz CT molecular complexity index is 1040. The van der Waals surface area contributed by atoms with E-state index in [0.29, 0.717) is 5.92 Å². The van der Waals surface area contributed by atoms with Gasteiger partial charge in [0.15, 0.2) is 0 Å². The van der Waals surface area contributed by atoms with E-state index in [9.17, 15) is 0 Å². The van der Waals surface area contributed by atoms with Crippen molar-refractivity contribution < 1.29 is 0 Å². The Kier molecular flexibility index (Phi) is 6.06. The van der Waals surface area contributed by atoms with Gasteiger partial charge in [0.2, 0.25) is 0 Å². The number of hydrogen-bond donors (Lipinski definition) is 0. The molecular weight excluding hydrogens is 380 g/mol. The molecule has 0 bridgehead atoms. The highest BCUT2D eigenvalue weighted by Crippen LogP contribution is 2.39. The molecule has 3 aromatic rings. The van der Waals surface area contributed by atoms with Crippen LogP contribution in [0.3, 0.4) is 0 Å². The zero-order chi connectivity index (χ0) is 20.9. The molecule has 4 nitrogen and oxygen atoms in total. The normalized spacial score (nSPS) is 19.2. The molecular formula is C27H30N4. The molecule has 1 atom stereocenters. The molecule has 1 saturated heterocycles. The molecule has 1 aliphatic carbocycles. The summed E-state index contributed by atoms with van der Waals surface area (Å²) in [4.78, 5) is 16.3. The monoisotopic (exact) mass is 410 g/mol. The first kappa shape index (κ1) is 19.9. The van der Waals surface area contributed by atoms with E-state index in [2.05, 4.69) is 58.4 Å². The molecule has 0 N–H and O–H groups in total. The lowest BCUT2D eigenvalue weighted by molar-refractivity contribution is 0.572. The topological polar surface area (TPSA) is 41.9 Å². The minimum Gasteiger partial charge on any atom is -0.356 e. The lowest BCUT2D eigenvalue weighted by atomic mass is 9.83. The fourth-order valence-electron chi connectivity index (χ4n) is 5.02. The molecule has 0 amide bonds. The van der Waals surface area contributed by atoms with Crippen LogP contribution in [0, 0.1) is 0 Å². The third kappa shape index (κ3) is 4.53. The molecule has 1 aliphatic heterocycles. The van der Waals surface area contributed by atoms with Gasteiger partial charge in [0, 0.05) is 43.4 Å². The van der Waals surface area contributed by atoms with Crippen molar-refractivity contribution in [3.63, 3.8) is 0 Å². The highest BCUT2D eigenvalue weighted by atomic mass is 15.2. The van der Waals surface area contributed by atoms with Crippen LogP contribution in [0.5, 0.6) is 0 Å². The van der Waals surface area contributed by atoms with Crippen molar-refractivity contribution in [2.45, 2.75) is 50.9 Å². The molecule has 158 valence electrons. The van der Waals surface area contributed by atoms with Crippen molar-refractivity contribution in [3.05, 3.63) is 89.6 Å². The van der Waals surface area contributed by atoms with Gasteiger partial charge >= 0.3 is 0 Å². The highest BCUT2D eigenvalue weighted by molar-refractivity contribution is 5.75. The van der Waals surface area contributed by atoms with Crippen LogP contribution in [-0.2, 0) is 6.42 Å². The van der Waals surface area contributed by atoms with Gasteiger partial charge in [-0.1, -0.05) is 36.4 Å². The van der Waals surface area contributed by atoms with Crippen LogP contribution in [0.1, 0.15) is 66.8 Å². The second-order valence-electron chi connectivity index (χ2n) is 8.72. The molecule has 0 saturated carbocycles. The summed E-state index contributed by atoms with van der Waals surface area (Å²) in [5.41, 5.74) is 6.56. The Morgan fingerprint density at radius 2 is 1.81 bits per heavy atom. The van der Waals surface area contributed by atoms with Crippen LogP contribution in [0.4, 0.5) is 5.82 Å². The number of allylic oxidation sites excluding steroid dienone is 2. The Morgan fingerprint density at radius 3 is 2.61 bits per heavy atom. The van der Waals surface area contributed by atoms with E-state index in [1.165, 1.54) is 53.0 Å². The third-order valence-electron chi connectivity index (χ3n) is 6.65. The van der Waals surface area contributed by atoms with E-state index < -0.39 is 0 Å². The summed E-state index contributed by atoms with van der Waals surface area (Å²) in [6.07, 6.45) is 16.1. The van der Waals surface area contributed by atoms with E-state index in [1.807, 2.05) is 12.4 Å². The first-order valence-electron chi connectivity index (χ1n) is 11.6. The number of rotatable bonds is 5. The van der Waals surface area contributed by atoms with Gasteiger partial charge in [-0.15, -0.1) is 0 Å². The third-order valence-corrected chi connectivity index (χ3v) is 6.65. The number of aromatic nitrogens is 3. The standard InChI is InChI=1S/C27H30N4/c1-3-8-21(9-4-1)18-24-19-28-20-30-26(24)23-13-11-22(12-14-23)25-10-7-15-29-27(25)31-16-5-2-6-17-31/h1,3-4,7-11,15,19-20,23H,2,5-6,12-14,16-18H2. The van der Waals surface area contributed by atoms with Gasteiger partial charge in [0.25, 0.3) is 0 Å². The molecule has 0 spiro atoms. The van der Waals surface area contributed by atoms with Crippen LogP contribution < -0.4 is 4.90 Å². The molecule has 3 heterocycles. The summed E-state index contributed by atoms with van der Waals surface area (Å²) < 4.78 is 0. The lowest BCUT2D eigenvalue weighted by Crippen LogP contribution is -2.31. The molecule has 1 aromatic carbocycles. The smallest absolute Gasteiger partial charge is 0.136 e. The van der Waals surface area contributed by atoms with E-state index in [-0.39, 0.29) is 0 Å². The number of hydrogen-bond acceptors (Lipinski definition) is 4. The van der Waals surface area contributed by atoms with E-state index in [1.54, 1.807) is 6.33 Å². The van der Waals surface area contributed by atoms with Crippen LogP contribution in [0.2, 0.25) is 0 Å². The van der Waals surface area contributed by atoms with Crippen molar-refractivity contribution in [2.75, 3.05) is 18.0 Å². The Balaban J connectivity index is 1.36. The summed E-state index contributed by atoms with van der Waals surface area (Å²) in [5, 5.41) is 0.